The standard InChI is InChI=1S/C16H22N4O4S/c1-19-8-7-18-16(19)13-11-17-6-9-20(13)25(21,22)12-4-5-14(23-2)15(10-12)24-3/h4-5,7-8,10,13,17H,6,9,11H2,1-3H3. The third-order valence-corrected chi connectivity index (χ3v) is 6.22. The molecule has 0 saturated carbocycles. The highest BCUT2D eigenvalue weighted by Gasteiger charge is 2.36. The number of nitrogens with zero attached hydrogens (tertiary/aromatic N) is 3. The van der Waals surface area contributed by atoms with Crippen LogP contribution in [-0.4, -0.2) is 56.1 Å². The van der Waals surface area contributed by atoms with Gasteiger partial charge in [0.15, 0.2) is 11.5 Å². The van der Waals surface area contributed by atoms with E-state index >= 15 is 0 Å². The summed E-state index contributed by atoms with van der Waals surface area (Å²) in [6, 6.07) is 4.26. The van der Waals surface area contributed by atoms with E-state index in [0.717, 1.165) is 0 Å². The zero-order valence-electron chi connectivity index (χ0n) is 14.5. The SMILES string of the molecule is COc1ccc(S(=O)(=O)N2CCNCC2c2nccn2C)cc1OC. The molecule has 0 bridgehead atoms. The van der Waals surface area contributed by atoms with Gasteiger partial charge in [-0.2, -0.15) is 4.31 Å². The maximum atomic E-state index is 13.2. The summed E-state index contributed by atoms with van der Waals surface area (Å²) in [6.45, 7) is 1.47. The predicted octanol–water partition coefficient (Wildman–Crippen LogP) is 0.772. The van der Waals surface area contributed by atoms with Crippen molar-refractivity contribution in [1.29, 1.82) is 0 Å². The molecule has 3 rings (SSSR count). The van der Waals surface area contributed by atoms with E-state index in [2.05, 4.69) is 10.3 Å². The van der Waals surface area contributed by atoms with Crippen LogP contribution in [0, 0.1) is 0 Å². The summed E-state index contributed by atoms with van der Waals surface area (Å²) in [5.74, 6) is 1.57. The predicted molar refractivity (Wildman–Crippen MR) is 92.3 cm³/mol. The number of benzene rings is 1. The van der Waals surface area contributed by atoms with Crippen molar-refractivity contribution >= 4 is 10.0 Å². The van der Waals surface area contributed by atoms with Crippen molar-refractivity contribution in [3.63, 3.8) is 0 Å². The average molecular weight is 366 g/mol. The summed E-state index contributed by atoms with van der Waals surface area (Å²) in [5, 5.41) is 3.24. The van der Waals surface area contributed by atoms with E-state index in [1.807, 2.05) is 17.8 Å². The third kappa shape index (κ3) is 3.22. The van der Waals surface area contributed by atoms with Gasteiger partial charge in [-0.25, -0.2) is 13.4 Å². The van der Waals surface area contributed by atoms with Crippen LogP contribution in [0.3, 0.4) is 0 Å². The zero-order chi connectivity index (χ0) is 18.0. The van der Waals surface area contributed by atoms with E-state index in [4.69, 9.17) is 9.47 Å². The number of aromatic nitrogens is 2. The van der Waals surface area contributed by atoms with E-state index in [-0.39, 0.29) is 10.9 Å². The van der Waals surface area contributed by atoms with E-state index < -0.39 is 10.0 Å². The molecule has 1 aromatic heterocycles. The Morgan fingerprint density at radius 2 is 2.00 bits per heavy atom. The van der Waals surface area contributed by atoms with Gasteiger partial charge in [-0.05, 0) is 12.1 Å². The number of sulfonamides is 1. The van der Waals surface area contributed by atoms with Crippen LogP contribution >= 0.6 is 0 Å². The lowest BCUT2D eigenvalue weighted by Crippen LogP contribution is -2.49. The maximum absolute atomic E-state index is 13.2. The van der Waals surface area contributed by atoms with Crippen molar-refractivity contribution in [2.45, 2.75) is 10.9 Å². The van der Waals surface area contributed by atoms with E-state index in [0.29, 0.717) is 37.0 Å². The van der Waals surface area contributed by atoms with Gasteiger partial charge >= 0.3 is 0 Å². The Hall–Kier alpha value is -2.10. The molecule has 25 heavy (non-hydrogen) atoms. The summed E-state index contributed by atoms with van der Waals surface area (Å²) in [6.07, 6.45) is 3.48. The van der Waals surface area contributed by atoms with Gasteiger partial charge in [0.1, 0.15) is 5.82 Å². The quantitative estimate of drug-likeness (QED) is 0.841. The Balaban J connectivity index is 2.01. The van der Waals surface area contributed by atoms with Crippen LogP contribution in [0.2, 0.25) is 0 Å². The van der Waals surface area contributed by atoms with Crippen LogP contribution in [-0.2, 0) is 17.1 Å². The van der Waals surface area contributed by atoms with Crippen molar-refractivity contribution in [3.8, 4) is 11.5 Å². The number of nitrogens with one attached hydrogen (secondary N) is 1. The van der Waals surface area contributed by atoms with Crippen molar-refractivity contribution < 1.29 is 17.9 Å². The maximum Gasteiger partial charge on any atom is 0.243 e. The number of rotatable bonds is 5. The Morgan fingerprint density at radius 3 is 2.64 bits per heavy atom. The Bertz CT molecular complexity index is 850. The summed E-state index contributed by atoms with van der Waals surface area (Å²) < 4.78 is 40.2. The van der Waals surface area contributed by atoms with E-state index in [1.165, 1.54) is 30.7 Å². The van der Waals surface area contributed by atoms with Gasteiger partial charge < -0.3 is 19.4 Å². The third-order valence-electron chi connectivity index (χ3n) is 4.31. The first-order valence-electron chi connectivity index (χ1n) is 7.91. The topological polar surface area (TPSA) is 85.7 Å². The molecule has 9 heteroatoms. The van der Waals surface area contributed by atoms with Crippen molar-refractivity contribution in [2.75, 3.05) is 33.9 Å². The molecule has 1 atom stereocenters. The Morgan fingerprint density at radius 1 is 1.24 bits per heavy atom. The number of hydrogen-bond acceptors (Lipinski definition) is 6. The molecule has 1 fully saturated rings. The van der Waals surface area contributed by atoms with Crippen LogP contribution in [0.25, 0.3) is 0 Å². The number of ether oxygens (including phenoxy) is 2. The minimum Gasteiger partial charge on any atom is -0.493 e. The normalized spacial score (nSPS) is 18.9. The first-order valence-corrected chi connectivity index (χ1v) is 9.35. The number of methoxy groups -OCH3 is 2. The zero-order valence-corrected chi connectivity index (χ0v) is 15.3. The van der Waals surface area contributed by atoms with Crippen LogP contribution in [0.1, 0.15) is 11.9 Å². The average Bonchev–Trinajstić information content (AvgIpc) is 3.06. The lowest BCUT2D eigenvalue weighted by atomic mass is 10.2. The molecule has 0 radical (unpaired) electrons. The summed E-state index contributed by atoms with van der Waals surface area (Å²) in [4.78, 5) is 4.50. The van der Waals surface area contributed by atoms with Crippen LogP contribution in [0.5, 0.6) is 11.5 Å². The molecule has 1 N–H and O–H groups in total. The number of piperazine rings is 1. The highest BCUT2D eigenvalue weighted by molar-refractivity contribution is 7.89. The molecule has 1 aliphatic rings. The summed E-state index contributed by atoms with van der Waals surface area (Å²) in [5.41, 5.74) is 0. The minimum absolute atomic E-state index is 0.172. The fourth-order valence-electron chi connectivity index (χ4n) is 3.00. The van der Waals surface area contributed by atoms with Crippen molar-refractivity contribution in [1.82, 2.24) is 19.2 Å². The lowest BCUT2D eigenvalue weighted by Gasteiger charge is -2.34. The fourth-order valence-corrected chi connectivity index (χ4v) is 4.61. The highest BCUT2D eigenvalue weighted by Crippen LogP contribution is 2.33. The Labute approximate surface area is 147 Å². The molecular weight excluding hydrogens is 344 g/mol. The number of aryl methyl sites for hydroxylation is 1. The van der Waals surface area contributed by atoms with Crippen molar-refractivity contribution in [2.24, 2.45) is 7.05 Å². The molecule has 1 aromatic carbocycles. The number of hydrogen-bond donors (Lipinski definition) is 1. The molecule has 136 valence electrons. The molecule has 2 aromatic rings. The fraction of sp³-hybridized carbons (Fsp3) is 0.438. The molecule has 0 spiro atoms. The van der Waals surface area contributed by atoms with Gasteiger partial charge in [0, 0.05) is 45.1 Å². The summed E-state index contributed by atoms with van der Waals surface area (Å²) in [7, 11) is 1.15. The smallest absolute Gasteiger partial charge is 0.243 e. The van der Waals surface area contributed by atoms with Gasteiger partial charge in [-0.3, -0.25) is 0 Å². The molecule has 8 nitrogen and oxygen atoms in total. The molecule has 1 aliphatic heterocycles. The lowest BCUT2D eigenvalue weighted by molar-refractivity contribution is 0.258. The minimum atomic E-state index is -3.71. The second-order valence-corrected chi connectivity index (χ2v) is 7.64. The monoisotopic (exact) mass is 366 g/mol. The summed E-state index contributed by atoms with van der Waals surface area (Å²) >= 11 is 0. The van der Waals surface area contributed by atoms with Gasteiger partial charge in [-0.15, -0.1) is 0 Å². The van der Waals surface area contributed by atoms with E-state index in [1.54, 1.807) is 12.3 Å². The van der Waals surface area contributed by atoms with Crippen molar-refractivity contribution in [3.05, 3.63) is 36.4 Å². The van der Waals surface area contributed by atoms with Gasteiger partial charge in [0.25, 0.3) is 0 Å². The largest absolute Gasteiger partial charge is 0.493 e. The molecule has 2 heterocycles. The number of imidazole rings is 1. The molecule has 0 amide bonds. The highest BCUT2D eigenvalue weighted by atomic mass is 32.2. The van der Waals surface area contributed by atoms with E-state index in [9.17, 15) is 8.42 Å². The first kappa shape index (κ1) is 17.7. The van der Waals surface area contributed by atoms with Gasteiger partial charge in [-0.1, -0.05) is 0 Å². The van der Waals surface area contributed by atoms with Gasteiger partial charge in [0.05, 0.1) is 25.2 Å². The Kier molecular flexibility index (Phi) is 4.98. The van der Waals surface area contributed by atoms with Crippen LogP contribution in [0.4, 0.5) is 0 Å². The molecular formula is C16H22N4O4S. The molecule has 1 saturated heterocycles. The second kappa shape index (κ2) is 7.03. The molecule has 0 aliphatic carbocycles. The van der Waals surface area contributed by atoms with Crippen LogP contribution < -0.4 is 14.8 Å². The second-order valence-electron chi connectivity index (χ2n) is 5.75. The van der Waals surface area contributed by atoms with Gasteiger partial charge in [0.2, 0.25) is 10.0 Å². The molecule has 1 unspecified atom stereocenters. The first-order chi connectivity index (χ1) is 12.0. The van der Waals surface area contributed by atoms with Crippen LogP contribution in [0.15, 0.2) is 35.5 Å².